The van der Waals surface area contributed by atoms with Gasteiger partial charge in [-0.05, 0) is 6.07 Å². The Morgan fingerprint density at radius 1 is 1.42 bits per heavy atom. The van der Waals surface area contributed by atoms with Gasteiger partial charge >= 0.3 is 6.03 Å². The molecule has 0 bridgehead atoms. The van der Waals surface area contributed by atoms with Gasteiger partial charge in [0.1, 0.15) is 12.4 Å². The van der Waals surface area contributed by atoms with Crippen LogP contribution in [0.2, 0.25) is 0 Å². The van der Waals surface area contributed by atoms with E-state index in [1.54, 1.807) is 12.4 Å². The molecule has 2 aromatic rings. The quantitative estimate of drug-likeness (QED) is 0.551. The maximum Gasteiger partial charge on any atom is 0.411 e. The summed E-state index contributed by atoms with van der Waals surface area (Å²) in [7, 11) is 0. The number of aromatic nitrogens is 2. The Bertz CT molecular complexity index is 433. The normalized spacial score (nSPS) is 10.3. The van der Waals surface area contributed by atoms with Gasteiger partial charge in [-0.15, -0.1) is 4.57 Å². The Morgan fingerprint density at radius 3 is 3.00 bits per heavy atom. The number of amides is 1. The predicted octanol–water partition coefficient (Wildman–Crippen LogP) is 0.154. The number of fused-ring (bicyclic) bond motifs is 1. The van der Waals surface area contributed by atoms with Gasteiger partial charge in [-0.3, -0.25) is 0 Å². The molecule has 0 aliphatic carbocycles. The lowest BCUT2D eigenvalue weighted by atomic mass is 10.5. The van der Waals surface area contributed by atoms with E-state index in [2.05, 4.69) is 0 Å². The van der Waals surface area contributed by atoms with Crippen molar-refractivity contribution in [3.05, 3.63) is 36.8 Å². The van der Waals surface area contributed by atoms with Crippen LogP contribution in [0, 0.1) is 0 Å². The van der Waals surface area contributed by atoms with Crippen molar-refractivity contribution in [2.75, 3.05) is 0 Å². The van der Waals surface area contributed by atoms with Crippen molar-refractivity contribution in [1.82, 2.24) is 4.57 Å². The highest BCUT2D eigenvalue weighted by molar-refractivity contribution is 5.78. The van der Waals surface area contributed by atoms with Crippen LogP contribution in [-0.4, -0.2) is 10.6 Å². The molecule has 12 heavy (non-hydrogen) atoms. The third-order valence-corrected chi connectivity index (χ3v) is 1.73. The Hall–Kier alpha value is -1.84. The molecule has 60 valence electrons. The number of hydrogen-bond donors (Lipinski definition) is 1. The van der Waals surface area contributed by atoms with Gasteiger partial charge in [-0.2, -0.15) is 0 Å². The highest BCUT2D eigenvalue weighted by atomic mass is 16.2. The molecule has 0 saturated carbocycles. The monoisotopic (exact) mass is 162 g/mol. The van der Waals surface area contributed by atoms with E-state index in [1.165, 1.54) is 4.57 Å². The van der Waals surface area contributed by atoms with E-state index in [9.17, 15) is 4.79 Å². The first-order valence-corrected chi connectivity index (χ1v) is 3.56. The van der Waals surface area contributed by atoms with Crippen LogP contribution in [-0.2, 0) is 0 Å². The zero-order valence-corrected chi connectivity index (χ0v) is 6.34. The van der Waals surface area contributed by atoms with Gasteiger partial charge in [-0.1, -0.05) is 6.07 Å². The summed E-state index contributed by atoms with van der Waals surface area (Å²) in [6.07, 6.45) is 5.27. The standard InChI is InChI=1S/C8H7N3O/c9-8(12)11-6-5-10-4-2-1-3-7(10)11/h1-6H,(H-,9,12)/p+1. The van der Waals surface area contributed by atoms with Crippen LogP contribution >= 0.6 is 0 Å². The first kappa shape index (κ1) is 6.84. The van der Waals surface area contributed by atoms with E-state index < -0.39 is 6.03 Å². The van der Waals surface area contributed by atoms with Crippen molar-refractivity contribution >= 4 is 11.7 Å². The van der Waals surface area contributed by atoms with Gasteiger partial charge in [0.15, 0.2) is 0 Å². The molecule has 0 radical (unpaired) electrons. The molecule has 0 fully saturated rings. The average Bonchev–Trinajstić information content (AvgIpc) is 2.47. The lowest BCUT2D eigenvalue weighted by molar-refractivity contribution is -0.510. The zero-order valence-electron chi connectivity index (χ0n) is 6.34. The van der Waals surface area contributed by atoms with E-state index in [4.69, 9.17) is 5.73 Å². The summed E-state index contributed by atoms with van der Waals surface area (Å²) in [6.45, 7) is 0. The predicted molar refractivity (Wildman–Crippen MR) is 42.6 cm³/mol. The van der Waals surface area contributed by atoms with Crippen molar-refractivity contribution in [3.8, 4) is 0 Å². The first-order chi connectivity index (χ1) is 5.79. The van der Waals surface area contributed by atoms with E-state index in [1.807, 2.05) is 28.8 Å². The van der Waals surface area contributed by atoms with Crippen molar-refractivity contribution < 1.29 is 9.20 Å². The molecule has 0 spiro atoms. The highest BCUT2D eigenvalue weighted by Crippen LogP contribution is 1.95. The fourth-order valence-corrected chi connectivity index (χ4v) is 1.18. The number of imidazole rings is 1. The second-order valence-electron chi connectivity index (χ2n) is 2.47. The number of carbonyl (C=O) groups excluding carboxylic acids is 1. The molecule has 2 heterocycles. The van der Waals surface area contributed by atoms with Crippen molar-refractivity contribution in [2.24, 2.45) is 5.73 Å². The lowest BCUT2D eigenvalue weighted by Crippen LogP contribution is -2.23. The number of primary amides is 1. The van der Waals surface area contributed by atoms with Crippen LogP contribution in [0.25, 0.3) is 5.65 Å². The molecule has 0 aromatic carbocycles. The fraction of sp³-hybridized carbons (Fsp3) is 0. The van der Waals surface area contributed by atoms with Gasteiger partial charge in [0, 0.05) is 6.07 Å². The maximum atomic E-state index is 10.8. The maximum absolute atomic E-state index is 10.8. The summed E-state index contributed by atoms with van der Waals surface area (Å²) < 4.78 is 3.21. The van der Waals surface area contributed by atoms with Crippen LogP contribution in [0.1, 0.15) is 0 Å². The number of carbonyl (C=O) groups is 1. The van der Waals surface area contributed by atoms with Crippen LogP contribution in [0.4, 0.5) is 4.79 Å². The van der Waals surface area contributed by atoms with Crippen molar-refractivity contribution in [1.29, 1.82) is 0 Å². The fourth-order valence-electron chi connectivity index (χ4n) is 1.18. The van der Waals surface area contributed by atoms with Crippen LogP contribution in [0.3, 0.4) is 0 Å². The number of pyridine rings is 1. The summed E-state index contributed by atoms with van der Waals surface area (Å²) in [4.78, 5) is 10.8. The number of hydrogen-bond acceptors (Lipinski definition) is 1. The summed E-state index contributed by atoms with van der Waals surface area (Å²) >= 11 is 0. The molecule has 4 heteroatoms. The number of nitrogens with two attached hydrogens (primary N) is 1. The highest BCUT2D eigenvalue weighted by Gasteiger charge is 2.11. The first-order valence-electron chi connectivity index (χ1n) is 3.56. The summed E-state index contributed by atoms with van der Waals surface area (Å²) in [5.74, 6) is 0. The minimum absolute atomic E-state index is 0.469. The number of rotatable bonds is 0. The largest absolute Gasteiger partial charge is 0.411 e. The molecular formula is C8H8N3O+. The average molecular weight is 162 g/mol. The van der Waals surface area contributed by atoms with Gasteiger partial charge in [0.2, 0.25) is 0 Å². The Balaban J connectivity index is 2.79. The van der Waals surface area contributed by atoms with E-state index in [0.717, 1.165) is 5.65 Å². The summed E-state index contributed by atoms with van der Waals surface area (Å²) in [6, 6.07) is 5.10. The van der Waals surface area contributed by atoms with Crippen molar-refractivity contribution in [3.63, 3.8) is 0 Å². The second kappa shape index (κ2) is 2.34. The SMILES string of the molecule is NC(=O)n1cc[n+]2ccccc12. The topological polar surface area (TPSA) is 52.1 Å². The van der Waals surface area contributed by atoms with Gasteiger partial charge in [0.25, 0.3) is 5.65 Å². The lowest BCUT2D eigenvalue weighted by Gasteiger charge is -1.87. The molecule has 2 aromatic heterocycles. The molecule has 0 unspecified atom stereocenters. The van der Waals surface area contributed by atoms with Crippen LogP contribution < -0.4 is 10.1 Å². The molecule has 0 saturated heterocycles. The molecule has 1 amide bonds. The Labute approximate surface area is 68.8 Å². The summed E-state index contributed by atoms with van der Waals surface area (Å²) in [5.41, 5.74) is 5.90. The van der Waals surface area contributed by atoms with E-state index in [-0.39, 0.29) is 0 Å². The molecular weight excluding hydrogens is 154 g/mol. The Kier molecular flexibility index (Phi) is 1.33. The molecule has 2 N–H and O–H groups in total. The third-order valence-electron chi connectivity index (χ3n) is 1.73. The van der Waals surface area contributed by atoms with E-state index in [0.29, 0.717) is 0 Å². The molecule has 4 nitrogen and oxygen atoms in total. The molecule has 0 aliphatic rings. The van der Waals surface area contributed by atoms with E-state index >= 15 is 0 Å². The smallest absolute Gasteiger partial charge is 0.331 e. The second-order valence-corrected chi connectivity index (χ2v) is 2.47. The third kappa shape index (κ3) is 0.852. The van der Waals surface area contributed by atoms with Crippen LogP contribution in [0.15, 0.2) is 36.8 Å². The van der Waals surface area contributed by atoms with Crippen LogP contribution in [0.5, 0.6) is 0 Å². The minimum Gasteiger partial charge on any atom is -0.331 e. The van der Waals surface area contributed by atoms with Crippen molar-refractivity contribution in [2.45, 2.75) is 0 Å². The van der Waals surface area contributed by atoms with Gasteiger partial charge in [-0.25, -0.2) is 9.20 Å². The molecule has 0 atom stereocenters. The Morgan fingerprint density at radius 2 is 2.25 bits per heavy atom. The molecule has 2 rings (SSSR count). The van der Waals surface area contributed by atoms with Gasteiger partial charge in [0.05, 0.1) is 6.20 Å². The molecule has 0 aliphatic heterocycles. The minimum atomic E-state index is -0.469. The summed E-state index contributed by atoms with van der Waals surface area (Å²) in [5, 5.41) is 0. The zero-order chi connectivity index (χ0) is 8.55. The number of nitrogens with zero attached hydrogens (tertiary/aromatic N) is 2. The van der Waals surface area contributed by atoms with Gasteiger partial charge < -0.3 is 5.73 Å².